The minimum Gasteiger partial charge on any atom is -0.380 e. The zero-order valence-corrected chi connectivity index (χ0v) is 12.6. The van der Waals surface area contributed by atoms with E-state index in [0.717, 1.165) is 16.7 Å². The van der Waals surface area contributed by atoms with Crippen LogP contribution in [0.1, 0.15) is 22.3 Å². The molecule has 0 aromatic heterocycles. The smallest absolute Gasteiger partial charge is 0.101 e. The molecule has 0 aliphatic rings. The number of halogens is 1. The van der Waals surface area contributed by atoms with Crippen molar-refractivity contribution in [3.63, 3.8) is 0 Å². The average molecular weight is 315 g/mol. The van der Waals surface area contributed by atoms with E-state index >= 15 is 0 Å². The summed E-state index contributed by atoms with van der Waals surface area (Å²) in [6.07, 6.45) is 0. The van der Waals surface area contributed by atoms with Crippen molar-refractivity contribution >= 4 is 21.6 Å². The van der Waals surface area contributed by atoms with E-state index in [2.05, 4.69) is 59.4 Å². The highest BCUT2D eigenvalue weighted by atomic mass is 79.9. The Kier molecular flexibility index (Phi) is 4.24. The van der Waals surface area contributed by atoms with Crippen LogP contribution in [0.15, 0.2) is 40.9 Å². The van der Waals surface area contributed by atoms with Crippen LogP contribution in [0.2, 0.25) is 0 Å². The molecule has 2 aromatic rings. The molecule has 0 unspecified atom stereocenters. The molecule has 2 rings (SSSR count). The maximum atomic E-state index is 9.13. The van der Waals surface area contributed by atoms with Crippen molar-refractivity contribution in [2.75, 3.05) is 5.32 Å². The Morgan fingerprint density at radius 2 is 1.95 bits per heavy atom. The van der Waals surface area contributed by atoms with E-state index in [1.165, 1.54) is 16.7 Å². The van der Waals surface area contributed by atoms with Gasteiger partial charge in [0.25, 0.3) is 0 Å². The summed E-state index contributed by atoms with van der Waals surface area (Å²) in [7, 11) is 0. The summed E-state index contributed by atoms with van der Waals surface area (Å²) in [5.74, 6) is 0. The third kappa shape index (κ3) is 3.36. The molecule has 0 amide bonds. The van der Waals surface area contributed by atoms with Crippen LogP contribution >= 0.6 is 15.9 Å². The van der Waals surface area contributed by atoms with Crippen LogP contribution in [0.3, 0.4) is 0 Å². The van der Waals surface area contributed by atoms with Gasteiger partial charge in [0.1, 0.15) is 6.07 Å². The lowest BCUT2D eigenvalue weighted by Crippen LogP contribution is -2.03. The van der Waals surface area contributed by atoms with Crippen molar-refractivity contribution in [3.05, 3.63) is 63.1 Å². The normalized spacial score (nSPS) is 10.0. The van der Waals surface area contributed by atoms with Crippen molar-refractivity contribution in [1.82, 2.24) is 0 Å². The fraction of sp³-hybridized carbons (Fsp3) is 0.188. The standard InChI is InChI=1S/C16H15BrN2/c1-11-3-4-12(2)14(7-11)10-19-16-6-5-15(17)8-13(16)9-18/h3-8,19H,10H2,1-2H3. The van der Waals surface area contributed by atoms with Gasteiger partial charge in [0.05, 0.1) is 11.3 Å². The van der Waals surface area contributed by atoms with Gasteiger partial charge in [0, 0.05) is 11.0 Å². The van der Waals surface area contributed by atoms with Gasteiger partial charge in [-0.15, -0.1) is 0 Å². The maximum absolute atomic E-state index is 9.13. The molecule has 0 fully saturated rings. The number of anilines is 1. The van der Waals surface area contributed by atoms with Crippen LogP contribution < -0.4 is 5.32 Å². The molecule has 2 aromatic carbocycles. The second kappa shape index (κ2) is 5.90. The lowest BCUT2D eigenvalue weighted by molar-refractivity contribution is 1.11. The van der Waals surface area contributed by atoms with Gasteiger partial charge >= 0.3 is 0 Å². The summed E-state index contributed by atoms with van der Waals surface area (Å²) in [6, 6.07) is 14.3. The molecular formula is C16H15BrN2. The molecule has 0 saturated heterocycles. The van der Waals surface area contributed by atoms with E-state index in [1.807, 2.05) is 18.2 Å². The molecule has 1 N–H and O–H groups in total. The third-order valence-electron chi connectivity index (χ3n) is 3.08. The number of rotatable bonds is 3. The number of hydrogen-bond acceptors (Lipinski definition) is 2. The Hall–Kier alpha value is -1.79. The summed E-state index contributed by atoms with van der Waals surface area (Å²) in [6.45, 7) is 4.91. The molecule has 0 spiro atoms. The first kappa shape index (κ1) is 13.6. The first-order chi connectivity index (χ1) is 9.10. The molecule has 0 heterocycles. The lowest BCUT2D eigenvalue weighted by atomic mass is 10.1. The van der Waals surface area contributed by atoms with Crippen molar-refractivity contribution in [1.29, 1.82) is 5.26 Å². The van der Waals surface area contributed by atoms with Crippen molar-refractivity contribution in [3.8, 4) is 6.07 Å². The monoisotopic (exact) mass is 314 g/mol. The van der Waals surface area contributed by atoms with Crippen LogP contribution in [0.25, 0.3) is 0 Å². The Labute approximate surface area is 122 Å². The Balaban J connectivity index is 2.19. The number of benzene rings is 2. The van der Waals surface area contributed by atoms with Gasteiger partial charge < -0.3 is 5.32 Å². The molecule has 0 bridgehead atoms. The Bertz CT molecular complexity index is 642. The minimum atomic E-state index is 0.652. The number of aryl methyl sites for hydroxylation is 2. The van der Waals surface area contributed by atoms with Gasteiger partial charge in [0.15, 0.2) is 0 Å². The van der Waals surface area contributed by atoms with Crippen LogP contribution in [0.4, 0.5) is 5.69 Å². The first-order valence-corrected chi connectivity index (χ1v) is 6.89. The van der Waals surface area contributed by atoms with Crippen LogP contribution in [-0.4, -0.2) is 0 Å². The zero-order chi connectivity index (χ0) is 13.8. The van der Waals surface area contributed by atoms with Crippen molar-refractivity contribution in [2.24, 2.45) is 0 Å². The summed E-state index contributed by atoms with van der Waals surface area (Å²) < 4.78 is 0.918. The highest BCUT2D eigenvalue weighted by molar-refractivity contribution is 9.10. The van der Waals surface area contributed by atoms with E-state index in [1.54, 1.807) is 0 Å². The average Bonchev–Trinajstić information content (AvgIpc) is 2.40. The van der Waals surface area contributed by atoms with Gasteiger partial charge in [-0.2, -0.15) is 5.26 Å². The second-order valence-corrected chi connectivity index (χ2v) is 5.50. The first-order valence-electron chi connectivity index (χ1n) is 6.10. The lowest BCUT2D eigenvalue weighted by Gasteiger charge is -2.11. The number of nitrogens with zero attached hydrogens (tertiary/aromatic N) is 1. The summed E-state index contributed by atoms with van der Waals surface area (Å²) in [5, 5.41) is 12.5. The van der Waals surface area contributed by atoms with Crippen molar-refractivity contribution in [2.45, 2.75) is 20.4 Å². The second-order valence-electron chi connectivity index (χ2n) is 4.59. The number of nitriles is 1. The molecule has 0 atom stereocenters. The molecule has 2 nitrogen and oxygen atoms in total. The maximum Gasteiger partial charge on any atom is 0.101 e. The minimum absolute atomic E-state index is 0.652. The highest BCUT2D eigenvalue weighted by Gasteiger charge is 2.04. The van der Waals surface area contributed by atoms with Crippen LogP contribution in [-0.2, 0) is 6.54 Å². The third-order valence-corrected chi connectivity index (χ3v) is 3.57. The van der Waals surface area contributed by atoms with E-state index in [-0.39, 0.29) is 0 Å². The Morgan fingerprint density at radius 1 is 1.16 bits per heavy atom. The van der Waals surface area contributed by atoms with E-state index in [9.17, 15) is 0 Å². The predicted octanol–water partition coefficient (Wildman–Crippen LogP) is 4.55. The summed E-state index contributed by atoms with van der Waals surface area (Å²) >= 11 is 3.38. The summed E-state index contributed by atoms with van der Waals surface area (Å²) in [4.78, 5) is 0. The molecule has 19 heavy (non-hydrogen) atoms. The quantitative estimate of drug-likeness (QED) is 0.902. The molecular weight excluding hydrogens is 300 g/mol. The fourth-order valence-corrected chi connectivity index (χ4v) is 2.31. The van der Waals surface area contributed by atoms with E-state index in [0.29, 0.717) is 5.56 Å². The summed E-state index contributed by atoms with van der Waals surface area (Å²) in [5.41, 5.74) is 5.28. The number of hydrogen-bond donors (Lipinski definition) is 1. The number of nitrogens with one attached hydrogen (secondary N) is 1. The molecule has 96 valence electrons. The highest BCUT2D eigenvalue weighted by Crippen LogP contribution is 2.21. The zero-order valence-electron chi connectivity index (χ0n) is 11.0. The van der Waals surface area contributed by atoms with E-state index in [4.69, 9.17) is 5.26 Å². The molecule has 0 aliphatic heterocycles. The van der Waals surface area contributed by atoms with Gasteiger partial charge in [-0.3, -0.25) is 0 Å². The van der Waals surface area contributed by atoms with Gasteiger partial charge in [-0.1, -0.05) is 39.7 Å². The topological polar surface area (TPSA) is 35.8 Å². The molecule has 0 radical (unpaired) electrons. The molecule has 0 aliphatic carbocycles. The fourth-order valence-electron chi connectivity index (χ4n) is 1.94. The van der Waals surface area contributed by atoms with Gasteiger partial charge in [-0.05, 0) is 43.2 Å². The van der Waals surface area contributed by atoms with Crippen LogP contribution in [0, 0.1) is 25.2 Å². The molecule has 0 saturated carbocycles. The Morgan fingerprint density at radius 3 is 2.68 bits per heavy atom. The van der Waals surface area contributed by atoms with Crippen molar-refractivity contribution < 1.29 is 0 Å². The largest absolute Gasteiger partial charge is 0.380 e. The predicted molar refractivity (Wildman–Crippen MR) is 82.1 cm³/mol. The SMILES string of the molecule is Cc1ccc(C)c(CNc2ccc(Br)cc2C#N)c1. The van der Waals surface area contributed by atoms with Crippen LogP contribution in [0.5, 0.6) is 0 Å². The molecule has 3 heteroatoms. The van der Waals surface area contributed by atoms with Gasteiger partial charge in [-0.25, -0.2) is 0 Å². The van der Waals surface area contributed by atoms with E-state index < -0.39 is 0 Å². The van der Waals surface area contributed by atoms with Gasteiger partial charge in [0.2, 0.25) is 0 Å².